The standard InChI is InChI=1S/C40H77NO8/c1-3-5-7-9-11-13-14-15-16-17-18-19-20-22-24-26-28-30-36(44)41-33(34(43)29-27-25-23-21-12-10-8-6-4-2)32-48-40-39(47)38(46)37(45)35(31-42)49-40/h12,21,33-35,37-40,42-43,45-47H,3-11,13-20,22-32H2,1-2H3,(H,41,44)/b21-12+/t33-,34+,35-,37-,38?,39?,40-/m0/s1. The van der Waals surface area contributed by atoms with Crippen LogP contribution in [0.2, 0.25) is 0 Å². The number of carbonyl (C=O) groups excluding carboxylic acids is 1. The predicted molar refractivity (Wildman–Crippen MR) is 198 cm³/mol. The minimum Gasteiger partial charge on any atom is -0.394 e. The van der Waals surface area contributed by atoms with Gasteiger partial charge in [0.25, 0.3) is 0 Å². The molecule has 9 nitrogen and oxygen atoms in total. The second kappa shape index (κ2) is 31.6. The van der Waals surface area contributed by atoms with Gasteiger partial charge in [-0.3, -0.25) is 4.79 Å². The smallest absolute Gasteiger partial charge is 0.220 e. The van der Waals surface area contributed by atoms with Gasteiger partial charge in [-0.15, -0.1) is 0 Å². The van der Waals surface area contributed by atoms with Gasteiger partial charge in [0.2, 0.25) is 5.91 Å². The summed E-state index contributed by atoms with van der Waals surface area (Å²) in [7, 11) is 0. The second-order valence-corrected chi connectivity index (χ2v) is 14.4. The van der Waals surface area contributed by atoms with E-state index < -0.39 is 49.5 Å². The van der Waals surface area contributed by atoms with Crippen LogP contribution in [0.15, 0.2) is 12.2 Å². The van der Waals surface area contributed by atoms with E-state index in [0.717, 1.165) is 44.9 Å². The van der Waals surface area contributed by atoms with Crippen LogP contribution in [0.25, 0.3) is 0 Å². The van der Waals surface area contributed by atoms with Crippen LogP contribution in [0, 0.1) is 0 Å². The molecule has 49 heavy (non-hydrogen) atoms. The minimum absolute atomic E-state index is 0.147. The number of amides is 1. The number of nitrogens with one attached hydrogen (secondary N) is 1. The number of aliphatic hydroxyl groups excluding tert-OH is 5. The Balaban J connectivity index is 2.34. The average Bonchev–Trinajstić information content (AvgIpc) is 3.10. The molecule has 1 fully saturated rings. The average molecular weight is 700 g/mol. The van der Waals surface area contributed by atoms with E-state index in [1.165, 1.54) is 109 Å². The van der Waals surface area contributed by atoms with Gasteiger partial charge < -0.3 is 40.3 Å². The van der Waals surface area contributed by atoms with Crippen LogP contribution in [0.5, 0.6) is 0 Å². The number of rotatable bonds is 33. The molecule has 0 spiro atoms. The summed E-state index contributed by atoms with van der Waals surface area (Å²) >= 11 is 0. The molecule has 1 heterocycles. The predicted octanol–water partition coefficient (Wildman–Crippen LogP) is 7.39. The Bertz CT molecular complexity index is 781. The van der Waals surface area contributed by atoms with Gasteiger partial charge in [-0.25, -0.2) is 0 Å². The number of hydrogen-bond acceptors (Lipinski definition) is 8. The van der Waals surface area contributed by atoms with Crippen LogP contribution < -0.4 is 5.32 Å². The lowest BCUT2D eigenvalue weighted by atomic mass is 9.99. The monoisotopic (exact) mass is 700 g/mol. The lowest BCUT2D eigenvalue weighted by molar-refractivity contribution is -0.302. The Morgan fingerprint density at radius 3 is 1.65 bits per heavy atom. The summed E-state index contributed by atoms with van der Waals surface area (Å²) in [5.74, 6) is -0.155. The van der Waals surface area contributed by atoms with Gasteiger partial charge in [0.05, 0.1) is 25.4 Å². The number of ether oxygens (including phenoxy) is 2. The van der Waals surface area contributed by atoms with E-state index in [1.807, 2.05) is 0 Å². The molecule has 2 unspecified atom stereocenters. The van der Waals surface area contributed by atoms with Crippen molar-refractivity contribution in [1.29, 1.82) is 0 Å². The van der Waals surface area contributed by atoms with E-state index >= 15 is 0 Å². The molecular weight excluding hydrogens is 622 g/mol. The first-order chi connectivity index (χ1) is 23.8. The number of aliphatic hydroxyl groups is 5. The Kier molecular flexibility index (Phi) is 29.7. The molecule has 1 aliphatic heterocycles. The van der Waals surface area contributed by atoms with Crippen LogP contribution >= 0.6 is 0 Å². The highest BCUT2D eigenvalue weighted by atomic mass is 16.7. The van der Waals surface area contributed by atoms with Gasteiger partial charge in [-0.05, 0) is 38.5 Å². The third-order valence-electron chi connectivity index (χ3n) is 9.87. The van der Waals surface area contributed by atoms with Crippen LogP contribution in [0.1, 0.15) is 181 Å². The van der Waals surface area contributed by atoms with E-state index in [1.54, 1.807) is 0 Å². The Morgan fingerprint density at radius 2 is 1.14 bits per heavy atom. The summed E-state index contributed by atoms with van der Waals surface area (Å²) in [6, 6.07) is -0.727. The minimum atomic E-state index is -1.55. The fourth-order valence-corrected chi connectivity index (χ4v) is 6.51. The van der Waals surface area contributed by atoms with Gasteiger partial charge in [-0.2, -0.15) is 0 Å². The van der Waals surface area contributed by atoms with E-state index in [0.29, 0.717) is 12.8 Å². The molecule has 7 atom stereocenters. The first kappa shape index (κ1) is 46.0. The fraction of sp³-hybridized carbons (Fsp3) is 0.925. The summed E-state index contributed by atoms with van der Waals surface area (Å²) < 4.78 is 11.2. The van der Waals surface area contributed by atoms with Gasteiger partial charge in [0.15, 0.2) is 6.29 Å². The van der Waals surface area contributed by atoms with Crippen LogP contribution in [-0.4, -0.2) is 87.5 Å². The SMILES string of the molecule is CCCCC/C=C/CCCC[C@@H](O)[C@H](CO[C@H]1O[C@@H](CO)[C@H](O)C(O)C1O)NC(=O)CCCCCCCCCCCCCCCCCCC. The highest BCUT2D eigenvalue weighted by Gasteiger charge is 2.44. The topological polar surface area (TPSA) is 149 Å². The molecule has 9 heteroatoms. The van der Waals surface area contributed by atoms with Crippen molar-refractivity contribution in [1.82, 2.24) is 5.32 Å². The quantitative estimate of drug-likeness (QED) is 0.0307. The summed E-state index contributed by atoms with van der Waals surface area (Å²) in [6.45, 7) is 3.76. The Morgan fingerprint density at radius 1 is 0.673 bits per heavy atom. The van der Waals surface area contributed by atoms with Crippen molar-refractivity contribution >= 4 is 5.91 Å². The van der Waals surface area contributed by atoms with Crippen molar-refractivity contribution in [3.8, 4) is 0 Å². The zero-order valence-corrected chi connectivity index (χ0v) is 31.5. The largest absolute Gasteiger partial charge is 0.394 e. The highest BCUT2D eigenvalue weighted by molar-refractivity contribution is 5.76. The van der Waals surface area contributed by atoms with Crippen molar-refractivity contribution in [2.24, 2.45) is 0 Å². The molecule has 290 valence electrons. The van der Waals surface area contributed by atoms with Gasteiger partial charge in [-0.1, -0.05) is 148 Å². The molecule has 1 saturated heterocycles. The molecular formula is C40H77NO8. The fourth-order valence-electron chi connectivity index (χ4n) is 6.51. The van der Waals surface area contributed by atoms with Gasteiger partial charge in [0, 0.05) is 6.42 Å². The van der Waals surface area contributed by atoms with E-state index in [2.05, 4.69) is 31.3 Å². The third-order valence-corrected chi connectivity index (χ3v) is 9.87. The van der Waals surface area contributed by atoms with Crippen molar-refractivity contribution in [2.45, 2.75) is 224 Å². The molecule has 1 amide bonds. The molecule has 1 rings (SSSR count). The zero-order chi connectivity index (χ0) is 36.0. The van der Waals surface area contributed by atoms with E-state index in [9.17, 15) is 30.3 Å². The maximum Gasteiger partial charge on any atom is 0.220 e. The number of allylic oxidation sites excluding steroid dienone is 2. The van der Waals surface area contributed by atoms with E-state index in [4.69, 9.17) is 9.47 Å². The van der Waals surface area contributed by atoms with E-state index in [-0.39, 0.29) is 12.5 Å². The molecule has 0 bridgehead atoms. The summed E-state index contributed by atoms with van der Waals surface area (Å²) in [4.78, 5) is 12.9. The first-order valence-electron chi connectivity index (χ1n) is 20.4. The summed E-state index contributed by atoms with van der Waals surface area (Å²) in [5, 5.41) is 54.0. The lowest BCUT2D eigenvalue weighted by Crippen LogP contribution is -2.60. The van der Waals surface area contributed by atoms with Gasteiger partial charge >= 0.3 is 0 Å². The Hall–Kier alpha value is -1.07. The molecule has 0 radical (unpaired) electrons. The molecule has 6 N–H and O–H groups in total. The maximum atomic E-state index is 12.9. The highest BCUT2D eigenvalue weighted by Crippen LogP contribution is 2.23. The Labute approximate surface area is 299 Å². The van der Waals surface area contributed by atoms with Crippen molar-refractivity contribution < 1.29 is 39.8 Å². The van der Waals surface area contributed by atoms with Crippen molar-refractivity contribution in [2.75, 3.05) is 13.2 Å². The number of unbranched alkanes of at least 4 members (excludes halogenated alkanes) is 21. The number of carbonyl (C=O) groups is 1. The molecule has 0 saturated carbocycles. The van der Waals surface area contributed by atoms with Crippen LogP contribution in [0.4, 0.5) is 0 Å². The molecule has 0 aliphatic carbocycles. The summed E-state index contributed by atoms with van der Waals surface area (Å²) in [6.07, 6.45) is 26.6. The van der Waals surface area contributed by atoms with Crippen molar-refractivity contribution in [3.05, 3.63) is 12.2 Å². The normalized spacial score (nSPS) is 22.5. The second-order valence-electron chi connectivity index (χ2n) is 14.4. The molecule has 1 aliphatic rings. The molecule has 0 aromatic rings. The lowest BCUT2D eigenvalue weighted by Gasteiger charge is -2.40. The number of hydrogen-bond donors (Lipinski definition) is 6. The third kappa shape index (κ3) is 23.2. The molecule has 0 aromatic carbocycles. The zero-order valence-electron chi connectivity index (χ0n) is 31.5. The molecule has 0 aromatic heterocycles. The maximum absolute atomic E-state index is 12.9. The van der Waals surface area contributed by atoms with Crippen LogP contribution in [-0.2, 0) is 14.3 Å². The summed E-state index contributed by atoms with van der Waals surface area (Å²) in [5.41, 5.74) is 0. The van der Waals surface area contributed by atoms with Crippen molar-refractivity contribution in [3.63, 3.8) is 0 Å². The first-order valence-corrected chi connectivity index (χ1v) is 20.4. The van der Waals surface area contributed by atoms with Gasteiger partial charge in [0.1, 0.15) is 24.4 Å². The van der Waals surface area contributed by atoms with Crippen LogP contribution in [0.3, 0.4) is 0 Å².